The van der Waals surface area contributed by atoms with Crippen molar-refractivity contribution >= 4 is 16.9 Å². The van der Waals surface area contributed by atoms with Crippen LogP contribution >= 0.6 is 0 Å². The first kappa shape index (κ1) is 14.1. The molecule has 1 saturated carbocycles. The quantitative estimate of drug-likeness (QED) is 0.906. The number of rotatable bonds is 3. The number of amides is 1. The highest BCUT2D eigenvalue weighted by atomic mass is 16.1. The second-order valence-electron chi connectivity index (χ2n) is 5.96. The molecule has 1 amide bonds. The van der Waals surface area contributed by atoms with Gasteiger partial charge in [-0.2, -0.15) is 0 Å². The van der Waals surface area contributed by atoms with Crippen LogP contribution in [0.4, 0.5) is 0 Å². The van der Waals surface area contributed by atoms with E-state index in [1.165, 1.54) is 32.1 Å². The summed E-state index contributed by atoms with van der Waals surface area (Å²) in [6.45, 7) is 0.490. The zero-order valence-corrected chi connectivity index (χ0v) is 12.4. The van der Waals surface area contributed by atoms with Crippen LogP contribution in [0.3, 0.4) is 0 Å². The van der Waals surface area contributed by atoms with Crippen LogP contribution in [0.2, 0.25) is 0 Å². The number of hydrogen-bond donors (Lipinski definition) is 2. The van der Waals surface area contributed by atoms with Gasteiger partial charge in [0.15, 0.2) is 0 Å². The zero-order valence-electron chi connectivity index (χ0n) is 12.4. The third kappa shape index (κ3) is 3.63. The first-order chi connectivity index (χ1) is 10.3. The normalized spacial score (nSPS) is 17.3. The summed E-state index contributed by atoms with van der Waals surface area (Å²) in [6, 6.07) is 7.94. The minimum absolute atomic E-state index is 0.190. The molecule has 1 aromatic carbocycles. The molecular weight excluding hydrogens is 262 g/mol. The number of aromatic amines is 1. The molecule has 21 heavy (non-hydrogen) atoms. The van der Waals surface area contributed by atoms with Gasteiger partial charge >= 0.3 is 0 Å². The fourth-order valence-corrected chi connectivity index (χ4v) is 3.12. The first-order valence-corrected chi connectivity index (χ1v) is 8.04. The molecule has 1 aliphatic carbocycles. The summed E-state index contributed by atoms with van der Waals surface area (Å²) in [5, 5.41) is 3.05. The van der Waals surface area contributed by atoms with Gasteiger partial charge in [-0.05, 0) is 25.0 Å². The van der Waals surface area contributed by atoms with Gasteiger partial charge in [0.2, 0.25) is 5.91 Å². The van der Waals surface area contributed by atoms with Crippen LogP contribution in [0, 0.1) is 5.92 Å². The summed E-state index contributed by atoms with van der Waals surface area (Å²) in [4.78, 5) is 20.0. The van der Waals surface area contributed by atoms with Crippen molar-refractivity contribution in [3.8, 4) is 0 Å². The number of aromatic nitrogens is 2. The number of carbonyl (C=O) groups excluding carboxylic acids is 1. The topological polar surface area (TPSA) is 57.8 Å². The van der Waals surface area contributed by atoms with Crippen molar-refractivity contribution in [2.24, 2.45) is 5.92 Å². The molecule has 0 saturated heterocycles. The largest absolute Gasteiger partial charge is 0.349 e. The molecule has 0 unspecified atom stereocenters. The lowest BCUT2D eigenvalue weighted by molar-refractivity contribution is -0.125. The molecule has 1 heterocycles. The Morgan fingerprint density at radius 3 is 2.62 bits per heavy atom. The molecule has 0 spiro atoms. The maximum Gasteiger partial charge on any atom is 0.223 e. The third-order valence-corrected chi connectivity index (χ3v) is 4.34. The van der Waals surface area contributed by atoms with E-state index in [1.54, 1.807) is 0 Å². The van der Waals surface area contributed by atoms with Crippen LogP contribution < -0.4 is 5.32 Å². The molecule has 2 aromatic rings. The van der Waals surface area contributed by atoms with Gasteiger partial charge in [0, 0.05) is 5.92 Å². The SMILES string of the molecule is O=C(NCc1nc2ccccc2[nH]1)C1CCCCCCC1. The molecule has 0 atom stereocenters. The van der Waals surface area contributed by atoms with Crippen molar-refractivity contribution in [2.45, 2.75) is 51.5 Å². The number of H-pyrrole nitrogens is 1. The summed E-state index contributed by atoms with van der Waals surface area (Å²) >= 11 is 0. The molecule has 0 aliphatic heterocycles. The molecule has 1 aromatic heterocycles. The molecular formula is C17H23N3O. The van der Waals surface area contributed by atoms with Gasteiger partial charge in [0.1, 0.15) is 5.82 Å². The maximum absolute atomic E-state index is 12.3. The number of benzene rings is 1. The van der Waals surface area contributed by atoms with Crippen molar-refractivity contribution in [3.63, 3.8) is 0 Å². The molecule has 112 valence electrons. The average Bonchev–Trinajstić information content (AvgIpc) is 2.87. The van der Waals surface area contributed by atoms with E-state index in [2.05, 4.69) is 15.3 Å². The molecule has 1 fully saturated rings. The van der Waals surface area contributed by atoms with Gasteiger partial charge in [-0.25, -0.2) is 4.98 Å². The number of para-hydroxylation sites is 2. The lowest BCUT2D eigenvalue weighted by atomic mass is 9.90. The van der Waals surface area contributed by atoms with E-state index in [0.717, 1.165) is 29.7 Å². The standard InChI is InChI=1S/C17H23N3O/c21-17(13-8-4-2-1-3-5-9-13)18-12-16-19-14-10-6-7-11-15(14)20-16/h6-7,10-11,13H,1-5,8-9,12H2,(H,18,21)(H,19,20). The molecule has 3 rings (SSSR count). The van der Waals surface area contributed by atoms with Gasteiger partial charge in [-0.1, -0.05) is 44.2 Å². The van der Waals surface area contributed by atoms with Gasteiger partial charge in [0.25, 0.3) is 0 Å². The fraction of sp³-hybridized carbons (Fsp3) is 0.529. The Morgan fingerprint density at radius 2 is 1.86 bits per heavy atom. The smallest absolute Gasteiger partial charge is 0.223 e. The molecule has 4 heteroatoms. The summed E-state index contributed by atoms with van der Waals surface area (Å²) in [5.41, 5.74) is 1.97. The zero-order chi connectivity index (χ0) is 14.5. The number of carbonyl (C=O) groups is 1. The van der Waals surface area contributed by atoms with Crippen molar-refractivity contribution in [1.29, 1.82) is 0 Å². The number of imidazole rings is 1. The Kier molecular flexibility index (Phi) is 4.53. The Hall–Kier alpha value is -1.84. The van der Waals surface area contributed by atoms with Crippen molar-refractivity contribution in [1.82, 2.24) is 15.3 Å². The van der Waals surface area contributed by atoms with E-state index >= 15 is 0 Å². The van der Waals surface area contributed by atoms with Gasteiger partial charge in [-0.3, -0.25) is 4.79 Å². The number of nitrogens with one attached hydrogen (secondary N) is 2. The highest BCUT2D eigenvalue weighted by Gasteiger charge is 2.19. The second kappa shape index (κ2) is 6.74. The summed E-state index contributed by atoms with van der Waals surface area (Å²) in [7, 11) is 0. The minimum atomic E-state index is 0.190. The van der Waals surface area contributed by atoms with Crippen molar-refractivity contribution in [3.05, 3.63) is 30.1 Å². The van der Waals surface area contributed by atoms with Crippen LogP contribution in [0.15, 0.2) is 24.3 Å². The Labute approximate surface area is 125 Å². The van der Waals surface area contributed by atoms with E-state index in [9.17, 15) is 4.79 Å². The Bertz CT molecular complexity index is 564. The van der Waals surface area contributed by atoms with Crippen LogP contribution in [0.5, 0.6) is 0 Å². The van der Waals surface area contributed by atoms with Crippen LogP contribution in [-0.4, -0.2) is 15.9 Å². The summed E-state index contributed by atoms with van der Waals surface area (Å²) in [6.07, 6.45) is 8.30. The highest BCUT2D eigenvalue weighted by molar-refractivity contribution is 5.79. The van der Waals surface area contributed by atoms with Gasteiger partial charge < -0.3 is 10.3 Å². The summed E-state index contributed by atoms with van der Waals surface area (Å²) in [5.74, 6) is 1.21. The van der Waals surface area contributed by atoms with E-state index in [-0.39, 0.29) is 11.8 Å². The van der Waals surface area contributed by atoms with Crippen LogP contribution in [0.25, 0.3) is 11.0 Å². The van der Waals surface area contributed by atoms with E-state index in [0.29, 0.717) is 6.54 Å². The Balaban J connectivity index is 1.56. The Morgan fingerprint density at radius 1 is 1.14 bits per heavy atom. The third-order valence-electron chi connectivity index (χ3n) is 4.34. The lowest BCUT2D eigenvalue weighted by Crippen LogP contribution is -2.31. The number of hydrogen-bond acceptors (Lipinski definition) is 2. The summed E-state index contributed by atoms with van der Waals surface area (Å²) < 4.78 is 0. The lowest BCUT2D eigenvalue weighted by Gasteiger charge is -2.18. The van der Waals surface area contributed by atoms with E-state index in [4.69, 9.17) is 0 Å². The van der Waals surface area contributed by atoms with Crippen LogP contribution in [0.1, 0.15) is 50.8 Å². The molecule has 1 aliphatic rings. The predicted molar refractivity (Wildman–Crippen MR) is 83.7 cm³/mol. The number of nitrogens with zero attached hydrogens (tertiary/aromatic N) is 1. The van der Waals surface area contributed by atoms with Gasteiger partial charge in [0.05, 0.1) is 17.6 Å². The van der Waals surface area contributed by atoms with Gasteiger partial charge in [-0.15, -0.1) is 0 Å². The van der Waals surface area contributed by atoms with Crippen molar-refractivity contribution in [2.75, 3.05) is 0 Å². The van der Waals surface area contributed by atoms with E-state index < -0.39 is 0 Å². The molecule has 2 N–H and O–H groups in total. The average molecular weight is 285 g/mol. The maximum atomic E-state index is 12.3. The second-order valence-corrected chi connectivity index (χ2v) is 5.96. The minimum Gasteiger partial charge on any atom is -0.349 e. The van der Waals surface area contributed by atoms with E-state index in [1.807, 2.05) is 24.3 Å². The predicted octanol–water partition coefficient (Wildman–Crippen LogP) is 3.54. The first-order valence-electron chi connectivity index (χ1n) is 8.04. The number of fused-ring (bicyclic) bond motifs is 1. The van der Waals surface area contributed by atoms with Crippen molar-refractivity contribution < 1.29 is 4.79 Å². The molecule has 0 radical (unpaired) electrons. The fourth-order valence-electron chi connectivity index (χ4n) is 3.12. The highest BCUT2D eigenvalue weighted by Crippen LogP contribution is 2.22. The monoisotopic (exact) mass is 285 g/mol. The van der Waals surface area contributed by atoms with Crippen LogP contribution in [-0.2, 0) is 11.3 Å². The molecule has 0 bridgehead atoms. The molecule has 4 nitrogen and oxygen atoms in total.